The summed E-state index contributed by atoms with van der Waals surface area (Å²) in [5.74, 6) is 0.603. The molecule has 0 aliphatic rings. The monoisotopic (exact) mass is 162 g/mol. The zero-order valence-electron chi connectivity index (χ0n) is 6.00. The van der Waals surface area contributed by atoms with Crippen molar-refractivity contribution in [1.82, 2.24) is 4.90 Å². The van der Waals surface area contributed by atoms with Crippen molar-refractivity contribution in [3.05, 3.63) is 5.41 Å². The molecule has 0 saturated heterocycles. The molecule has 0 aromatic rings. The van der Waals surface area contributed by atoms with E-state index < -0.39 is 0 Å². The van der Waals surface area contributed by atoms with Crippen LogP contribution in [0.3, 0.4) is 0 Å². The molecule has 0 bridgehead atoms. The van der Waals surface area contributed by atoms with Gasteiger partial charge in [0.25, 0.3) is 0 Å². The molecule has 0 atom stereocenters. The molecule has 2 nitrogen and oxygen atoms in total. The molecule has 0 rings (SSSR count). The fraction of sp³-hybridized carbons (Fsp3) is 0.667. The van der Waals surface area contributed by atoms with Crippen molar-refractivity contribution in [1.29, 1.82) is 0 Å². The Morgan fingerprint density at radius 3 is 2.22 bits per heavy atom. The molecule has 0 radical (unpaired) electrons. The van der Waals surface area contributed by atoms with Crippen LogP contribution < -0.4 is 0 Å². The normalized spacial score (nSPS) is 9.22. The Morgan fingerprint density at radius 1 is 1.67 bits per heavy atom. The quantitative estimate of drug-likeness (QED) is 0.436. The zero-order chi connectivity index (χ0) is 7.44. The molecule has 0 aromatic heterocycles. The third-order valence-corrected chi connectivity index (χ3v) is 1.59. The number of amidine groups is 1. The van der Waals surface area contributed by atoms with Crippen LogP contribution in [0, 0.1) is 5.92 Å². The standard InChI is InChI=1S/C6H11N2.V/c1-5(2)6(7)8(3)4;/h3,5H,1-2,4H3;/q-1;. The Bertz CT molecular complexity index is 120. The predicted octanol–water partition coefficient (Wildman–Crippen LogP) is 0.849. The first-order chi connectivity index (χ1) is 4.09. The van der Waals surface area contributed by atoms with Gasteiger partial charge >= 0.3 is 64.8 Å². The minimum absolute atomic E-state index is 0.204. The fourth-order valence-corrected chi connectivity index (χ4v) is 0.651. The van der Waals surface area contributed by atoms with Crippen molar-refractivity contribution in [2.24, 2.45) is 5.92 Å². The van der Waals surface area contributed by atoms with Gasteiger partial charge in [-0.1, -0.05) is 0 Å². The van der Waals surface area contributed by atoms with Crippen LogP contribution in [-0.4, -0.2) is 22.6 Å². The van der Waals surface area contributed by atoms with Gasteiger partial charge in [-0.05, 0) is 0 Å². The molecule has 9 heavy (non-hydrogen) atoms. The topological polar surface area (TPSA) is 25.5 Å². The van der Waals surface area contributed by atoms with Crippen molar-refractivity contribution >= 4 is 10.7 Å². The summed E-state index contributed by atoms with van der Waals surface area (Å²) in [6.07, 6.45) is 0. The number of nitrogens with zero attached hydrogens (tertiary/aromatic N) is 2. The summed E-state index contributed by atoms with van der Waals surface area (Å²) in [5.41, 5.74) is 0. The molecule has 0 aromatic carbocycles. The molecule has 0 spiro atoms. The van der Waals surface area contributed by atoms with Crippen LogP contribution in [0.4, 0.5) is 0 Å². The number of rotatable bonds is 2. The molecular weight excluding hydrogens is 151 g/mol. The third kappa shape index (κ3) is 2.82. The molecule has 0 aliphatic heterocycles. The van der Waals surface area contributed by atoms with Crippen LogP contribution in [0.25, 0.3) is 5.41 Å². The molecule has 0 fully saturated rings. The molecule has 0 saturated carbocycles. The van der Waals surface area contributed by atoms with Crippen molar-refractivity contribution in [3.8, 4) is 0 Å². The molecule has 3 heteroatoms. The second kappa shape index (κ2) is 3.86. The first kappa shape index (κ1) is 8.92. The van der Waals surface area contributed by atoms with Crippen LogP contribution >= 0.6 is 0 Å². The van der Waals surface area contributed by atoms with Crippen LogP contribution in [0.1, 0.15) is 13.8 Å². The first-order valence-electron chi connectivity index (χ1n) is 2.85. The van der Waals surface area contributed by atoms with Crippen molar-refractivity contribution in [2.75, 3.05) is 7.05 Å². The van der Waals surface area contributed by atoms with Gasteiger partial charge in [0.05, 0.1) is 0 Å². The van der Waals surface area contributed by atoms with Gasteiger partial charge in [0, 0.05) is 0 Å². The van der Waals surface area contributed by atoms with Crippen LogP contribution in [0.5, 0.6) is 0 Å². The summed E-state index contributed by atoms with van der Waals surface area (Å²) < 4.78 is 0. The molecule has 0 aliphatic carbocycles. The molecule has 0 heterocycles. The second-order valence-electron chi connectivity index (χ2n) is 2.24. The second-order valence-corrected chi connectivity index (χ2v) is 2.60. The van der Waals surface area contributed by atoms with Gasteiger partial charge in [-0.2, -0.15) is 0 Å². The Labute approximate surface area is 65.2 Å². The van der Waals surface area contributed by atoms with E-state index in [2.05, 4.69) is 17.0 Å². The fourth-order valence-electron chi connectivity index (χ4n) is 0.466. The Morgan fingerprint density at radius 2 is 2.11 bits per heavy atom. The van der Waals surface area contributed by atoms with Crippen LogP contribution in [0.2, 0.25) is 0 Å². The van der Waals surface area contributed by atoms with Gasteiger partial charge in [0.2, 0.25) is 0 Å². The molecular formula is C6H11N2V-. The van der Waals surface area contributed by atoms with E-state index in [9.17, 15) is 5.41 Å². The SMILES string of the molecule is CC(C)C(=[N-])N(C)[CH]=[V]. The van der Waals surface area contributed by atoms with E-state index in [0.717, 1.165) is 0 Å². The molecule has 0 unspecified atom stereocenters. The van der Waals surface area contributed by atoms with E-state index in [1.54, 1.807) is 9.75 Å². The summed E-state index contributed by atoms with van der Waals surface area (Å²) >= 11 is 2.29. The van der Waals surface area contributed by atoms with E-state index in [1.165, 1.54) is 0 Å². The average Bonchev–Trinajstić information content (AvgIpc) is 1.84. The van der Waals surface area contributed by atoms with Gasteiger partial charge in [0.15, 0.2) is 0 Å². The Balaban J connectivity index is 3.87. The van der Waals surface area contributed by atoms with Gasteiger partial charge in [-0.15, -0.1) is 0 Å². The third-order valence-electron chi connectivity index (χ3n) is 1.05. The van der Waals surface area contributed by atoms with E-state index in [-0.39, 0.29) is 5.92 Å². The summed E-state index contributed by atoms with van der Waals surface area (Å²) in [7, 11) is 1.81. The number of hydrogen-bond donors (Lipinski definition) is 0. The Hall–Kier alpha value is -0.0756. The summed E-state index contributed by atoms with van der Waals surface area (Å²) in [6.45, 7) is 3.89. The molecule has 0 amide bonds. The number of hydrogen-bond acceptors (Lipinski definition) is 0. The van der Waals surface area contributed by atoms with Crippen molar-refractivity contribution in [3.63, 3.8) is 0 Å². The van der Waals surface area contributed by atoms with E-state index in [4.69, 9.17) is 0 Å². The predicted molar refractivity (Wildman–Crippen MR) is 37.0 cm³/mol. The van der Waals surface area contributed by atoms with Crippen molar-refractivity contribution in [2.45, 2.75) is 13.8 Å². The zero-order valence-corrected chi connectivity index (χ0v) is 7.39. The van der Waals surface area contributed by atoms with Gasteiger partial charge in [-0.3, -0.25) is 0 Å². The summed E-state index contributed by atoms with van der Waals surface area (Å²) in [5, 5.41) is 9.20. The minimum atomic E-state index is 0.204. The van der Waals surface area contributed by atoms with E-state index >= 15 is 0 Å². The Kier molecular flexibility index (Phi) is 3.83. The van der Waals surface area contributed by atoms with E-state index in [0.29, 0.717) is 5.84 Å². The molecule has 0 N–H and O–H groups in total. The van der Waals surface area contributed by atoms with Crippen LogP contribution in [0.15, 0.2) is 0 Å². The average molecular weight is 162 g/mol. The van der Waals surface area contributed by atoms with Crippen molar-refractivity contribution < 1.29 is 17.0 Å². The van der Waals surface area contributed by atoms with Gasteiger partial charge in [-0.25, -0.2) is 0 Å². The maximum absolute atomic E-state index is 9.20. The molecule has 51 valence electrons. The maximum atomic E-state index is 9.20. The van der Waals surface area contributed by atoms with Gasteiger partial charge in [0.1, 0.15) is 0 Å². The van der Waals surface area contributed by atoms with E-state index in [1.807, 2.05) is 20.9 Å². The summed E-state index contributed by atoms with van der Waals surface area (Å²) in [4.78, 5) is 3.45. The first-order valence-corrected chi connectivity index (χ1v) is 3.66. The van der Waals surface area contributed by atoms with Gasteiger partial charge < -0.3 is 0 Å². The summed E-state index contributed by atoms with van der Waals surface area (Å²) in [6, 6.07) is 0. The van der Waals surface area contributed by atoms with Crippen LogP contribution in [-0.2, 0) is 17.0 Å².